The highest BCUT2D eigenvalue weighted by Gasteiger charge is 2.09. The fraction of sp³-hybridized carbons (Fsp3) is 0.0714. The minimum atomic E-state index is -0.823. The minimum Gasteiger partial charge on any atom is -0.348 e. The van der Waals surface area contributed by atoms with Crippen LogP contribution in [0.5, 0.6) is 0 Å². The van der Waals surface area contributed by atoms with E-state index in [2.05, 4.69) is 5.32 Å². The summed E-state index contributed by atoms with van der Waals surface area (Å²) in [6, 6.07) is 8.26. The van der Waals surface area contributed by atoms with Crippen molar-refractivity contribution in [2.75, 3.05) is 0 Å². The Bertz CT molecular complexity index is 593. The topological polar surface area (TPSA) is 29.1 Å². The summed E-state index contributed by atoms with van der Waals surface area (Å²) in [7, 11) is 0. The summed E-state index contributed by atoms with van der Waals surface area (Å²) in [4.78, 5) is 11.7. The molecule has 0 heterocycles. The van der Waals surface area contributed by atoms with Crippen molar-refractivity contribution in [2.45, 2.75) is 6.54 Å². The van der Waals surface area contributed by atoms with Crippen LogP contribution in [0.25, 0.3) is 0 Å². The molecule has 0 saturated carbocycles. The van der Waals surface area contributed by atoms with Crippen molar-refractivity contribution in [1.82, 2.24) is 5.32 Å². The molecule has 2 rings (SSSR count). The van der Waals surface area contributed by atoms with E-state index in [0.29, 0.717) is 11.6 Å². The van der Waals surface area contributed by atoms with E-state index in [1.807, 2.05) is 0 Å². The van der Waals surface area contributed by atoms with E-state index in [1.165, 1.54) is 18.2 Å². The van der Waals surface area contributed by atoms with Crippen LogP contribution in [0.3, 0.4) is 0 Å². The molecule has 0 fully saturated rings. The van der Waals surface area contributed by atoms with Gasteiger partial charge in [-0.15, -0.1) is 0 Å². The van der Waals surface area contributed by atoms with Crippen LogP contribution >= 0.6 is 0 Å². The molecule has 19 heavy (non-hydrogen) atoms. The summed E-state index contributed by atoms with van der Waals surface area (Å²) in [5.74, 6) is -2.68. The second-order valence-electron chi connectivity index (χ2n) is 3.97. The average molecular weight is 265 g/mol. The number of amides is 1. The molecule has 0 aliphatic rings. The normalized spacial score (nSPS) is 10.3. The fourth-order valence-electron chi connectivity index (χ4n) is 1.62. The highest BCUT2D eigenvalue weighted by Crippen LogP contribution is 2.08. The van der Waals surface area contributed by atoms with Gasteiger partial charge < -0.3 is 5.32 Å². The molecule has 0 spiro atoms. The predicted octanol–water partition coefficient (Wildman–Crippen LogP) is 3.03. The number of carbonyl (C=O) groups excluding carboxylic acids is 1. The molecule has 0 radical (unpaired) electrons. The van der Waals surface area contributed by atoms with Gasteiger partial charge in [-0.2, -0.15) is 0 Å². The van der Waals surface area contributed by atoms with Gasteiger partial charge in [-0.05, 0) is 29.8 Å². The van der Waals surface area contributed by atoms with Crippen LogP contribution in [0.1, 0.15) is 15.9 Å². The largest absolute Gasteiger partial charge is 0.348 e. The molecule has 0 saturated heterocycles. The van der Waals surface area contributed by atoms with Gasteiger partial charge in [-0.25, -0.2) is 13.2 Å². The first-order valence-corrected chi connectivity index (χ1v) is 5.53. The lowest BCUT2D eigenvalue weighted by Crippen LogP contribution is -2.23. The van der Waals surface area contributed by atoms with Crippen LogP contribution in [0, 0.1) is 17.5 Å². The molecule has 98 valence electrons. The van der Waals surface area contributed by atoms with Crippen LogP contribution < -0.4 is 5.32 Å². The van der Waals surface area contributed by atoms with Gasteiger partial charge in [0.15, 0.2) is 0 Å². The highest BCUT2D eigenvalue weighted by atomic mass is 19.1. The smallest absolute Gasteiger partial charge is 0.251 e. The quantitative estimate of drug-likeness (QED) is 0.908. The maximum atomic E-state index is 12.9. The summed E-state index contributed by atoms with van der Waals surface area (Å²) < 4.78 is 38.8. The van der Waals surface area contributed by atoms with Crippen molar-refractivity contribution in [3.05, 3.63) is 71.0 Å². The fourth-order valence-corrected chi connectivity index (χ4v) is 1.62. The summed E-state index contributed by atoms with van der Waals surface area (Å²) in [5.41, 5.74) is 0.444. The van der Waals surface area contributed by atoms with Crippen LogP contribution in [0.15, 0.2) is 42.5 Å². The maximum absolute atomic E-state index is 12.9. The third-order valence-corrected chi connectivity index (χ3v) is 2.47. The molecule has 1 amide bonds. The second kappa shape index (κ2) is 5.56. The molecule has 0 bridgehead atoms. The third-order valence-electron chi connectivity index (χ3n) is 2.47. The Balaban J connectivity index is 2.05. The first-order chi connectivity index (χ1) is 9.04. The number of nitrogens with one attached hydrogen (secondary N) is 1. The lowest BCUT2D eigenvalue weighted by Gasteiger charge is -2.06. The molecule has 2 aromatic rings. The molecule has 0 aromatic heterocycles. The Hall–Kier alpha value is -2.30. The van der Waals surface area contributed by atoms with E-state index < -0.39 is 23.4 Å². The molecule has 5 heteroatoms. The van der Waals surface area contributed by atoms with Crippen molar-refractivity contribution in [1.29, 1.82) is 0 Å². The van der Waals surface area contributed by atoms with E-state index in [4.69, 9.17) is 0 Å². The van der Waals surface area contributed by atoms with Crippen LogP contribution in [0.4, 0.5) is 13.2 Å². The van der Waals surface area contributed by atoms with Gasteiger partial charge in [0.2, 0.25) is 0 Å². The molecule has 0 aliphatic heterocycles. The number of carbonyl (C=O) groups is 1. The monoisotopic (exact) mass is 265 g/mol. The molecule has 0 atom stereocenters. The third kappa shape index (κ3) is 3.58. The maximum Gasteiger partial charge on any atom is 0.251 e. The Kier molecular flexibility index (Phi) is 3.85. The number of halogens is 3. The van der Waals surface area contributed by atoms with Crippen molar-refractivity contribution in [2.24, 2.45) is 0 Å². The average Bonchev–Trinajstić information content (AvgIpc) is 2.35. The zero-order valence-electron chi connectivity index (χ0n) is 9.79. The van der Waals surface area contributed by atoms with Gasteiger partial charge in [0, 0.05) is 18.2 Å². The molecule has 1 N–H and O–H groups in total. The van der Waals surface area contributed by atoms with E-state index in [1.54, 1.807) is 6.07 Å². The molecule has 2 aromatic carbocycles. The summed E-state index contributed by atoms with van der Waals surface area (Å²) in [6.45, 7) is 0.0781. The summed E-state index contributed by atoms with van der Waals surface area (Å²) in [6.07, 6.45) is 0. The number of hydrogen-bond donors (Lipinski definition) is 1. The Morgan fingerprint density at radius 3 is 2.26 bits per heavy atom. The highest BCUT2D eigenvalue weighted by molar-refractivity contribution is 5.94. The number of rotatable bonds is 3. The lowest BCUT2D eigenvalue weighted by atomic mass is 10.2. The first kappa shape index (κ1) is 13.1. The van der Waals surface area contributed by atoms with E-state index in [-0.39, 0.29) is 12.1 Å². The number of benzene rings is 2. The molecular weight excluding hydrogens is 255 g/mol. The van der Waals surface area contributed by atoms with Crippen LogP contribution in [-0.2, 0) is 6.54 Å². The standard InChI is InChI=1S/C14H10F3NO/c15-11-3-1-2-9(4-11)8-18-14(19)10-5-12(16)7-13(17)6-10/h1-7H,8H2,(H,18,19). The summed E-state index contributed by atoms with van der Waals surface area (Å²) in [5, 5.41) is 2.46. The Morgan fingerprint density at radius 2 is 1.63 bits per heavy atom. The molecule has 0 aliphatic carbocycles. The van der Waals surface area contributed by atoms with Crippen molar-refractivity contribution < 1.29 is 18.0 Å². The first-order valence-electron chi connectivity index (χ1n) is 5.53. The van der Waals surface area contributed by atoms with Gasteiger partial charge in [0.05, 0.1) is 0 Å². The minimum absolute atomic E-state index is 0.0781. The lowest BCUT2D eigenvalue weighted by molar-refractivity contribution is 0.0950. The van der Waals surface area contributed by atoms with Crippen molar-refractivity contribution >= 4 is 5.91 Å². The zero-order valence-corrected chi connectivity index (χ0v) is 9.79. The van der Waals surface area contributed by atoms with E-state index >= 15 is 0 Å². The van der Waals surface area contributed by atoms with Gasteiger partial charge in [0.25, 0.3) is 5.91 Å². The summed E-state index contributed by atoms with van der Waals surface area (Å²) >= 11 is 0. The Labute approximate surface area is 107 Å². The van der Waals surface area contributed by atoms with E-state index in [9.17, 15) is 18.0 Å². The molecule has 0 unspecified atom stereocenters. The van der Waals surface area contributed by atoms with Crippen LogP contribution in [-0.4, -0.2) is 5.91 Å². The second-order valence-corrected chi connectivity index (χ2v) is 3.97. The predicted molar refractivity (Wildman–Crippen MR) is 63.9 cm³/mol. The van der Waals surface area contributed by atoms with Gasteiger partial charge >= 0.3 is 0 Å². The Morgan fingerprint density at radius 1 is 0.947 bits per heavy atom. The van der Waals surface area contributed by atoms with Gasteiger partial charge in [-0.3, -0.25) is 4.79 Å². The van der Waals surface area contributed by atoms with Gasteiger partial charge in [-0.1, -0.05) is 12.1 Å². The molecular formula is C14H10F3NO. The number of hydrogen-bond acceptors (Lipinski definition) is 1. The van der Waals surface area contributed by atoms with Crippen LogP contribution in [0.2, 0.25) is 0 Å². The van der Waals surface area contributed by atoms with Gasteiger partial charge in [0.1, 0.15) is 17.5 Å². The zero-order chi connectivity index (χ0) is 13.8. The molecule has 2 nitrogen and oxygen atoms in total. The SMILES string of the molecule is O=C(NCc1cccc(F)c1)c1cc(F)cc(F)c1. The van der Waals surface area contributed by atoms with Crippen molar-refractivity contribution in [3.63, 3.8) is 0 Å². The van der Waals surface area contributed by atoms with Crippen molar-refractivity contribution in [3.8, 4) is 0 Å². The van der Waals surface area contributed by atoms with E-state index in [0.717, 1.165) is 12.1 Å².